The van der Waals surface area contributed by atoms with Gasteiger partial charge in [0.1, 0.15) is 5.82 Å². The molecule has 1 aliphatic heterocycles. The van der Waals surface area contributed by atoms with Gasteiger partial charge in [0.2, 0.25) is 0 Å². The Balaban J connectivity index is 1.37. The summed E-state index contributed by atoms with van der Waals surface area (Å²) in [7, 11) is 1.80. The first-order valence-electron chi connectivity index (χ1n) is 9.71. The molecule has 1 aliphatic rings. The van der Waals surface area contributed by atoms with Crippen molar-refractivity contribution in [3.8, 4) is 0 Å². The molecule has 144 valence electrons. The molecule has 0 amide bonds. The van der Waals surface area contributed by atoms with Gasteiger partial charge in [0.15, 0.2) is 5.96 Å². The zero-order chi connectivity index (χ0) is 18.9. The van der Waals surface area contributed by atoms with E-state index in [-0.39, 0.29) is 5.82 Å². The summed E-state index contributed by atoms with van der Waals surface area (Å²) < 4.78 is 13.0. The van der Waals surface area contributed by atoms with Crippen LogP contribution in [-0.2, 0) is 13.0 Å². The fourth-order valence-corrected chi connectivity index (χ4v) is 3.44. The number of aliphatic imine (C=N–C) groups is 1. The molecule has 27 heavy (non-hydrogen) atoms. The van der Waals surface area contributed by atoms with E-state index in [4.69, 9.17) is 0 Å². The highest BCUT2D eigenvalue weighted by Crippen LogP contribution is 2.13. The van der Waals surface area contributed by atoms with Gasteiger partial charge < -0.3 is 10.6 Å². The summed E-state index contributed by atoms with van der Waals surface area (Å²) in [5.74, 6) is 0.654. The average molecular weight is 369 g/mol. The molecule has 0 bridgehead atoms. The first-order valence-corrected chi connectivity index (χ1v) is 9.71. The second kappa shape index (κ2) is 10.1. The van der Waals surface area contributed by atoms with E-state index in [9.17, 15) is 4.39 Å². The van der Waals surface area contributed by atoms with Gasteiger partial charge in [0.25, 0.3) is 0 Å². The molecule has 0 unspecified atom stereocenters. The molecule has 2 aromatic rings. The summed E-state index contributed by atoms with van der Waals surface area (Å²) in [5.41, 5.74) is 2.50. The molecule has 3 rings (SSSR count). The highest BCUT2D eigenvalue weighted by atomic mass is 19.1. The van der Waals surface area contributed by atoms with Gasteiger partial charge in [0, 0.05) is 39.3 Å². The maximum absolute atomic E-state index is 13.0. The molecule has 1 fully saturated rings. The normalized spacial score (nSPS) is 16.3. The van der Waals surface area contributed by atoms with Crippen molar-refractivity contribution in [2.75, 3.05) is 26.7 Å². The molecule has 2 N–H and O–H groups in total. The third kappa shape index (κ3) is 6.36. The van der Waals surface area contributed by atoms with Crippen LogP contribution in [0.15, 0.2) is 59.6 Å². The second-order valence-corrected chi connectivity index (χ2v) is 7.06. The van der Waals surface area contributed by atoms with E-state index >= 15 is 0 Å². The van der Waals surface area contributed by atoms with Crippen molar-refractivity contribution in [1.29, 1.82) is 0 Å². The molecular weight excluding hydrogens is 339 g/mol. The van der Waals surface area contributed by atoms with Crippen LogP contribution in [0.25, 0.3) is 0 Å². The summed E-state index contributed by atoms with van der Waals surface area (Å²) in [4.78, 5) is 6.85. The summed E-state index contributed by atoms with van der Waals surface area (Å²) >= 11 is 0. The van der Waals surface area contributed by atoms with Crippen LogP contribution in [0.3, 0.4) is 0 Å². The Hall–Kier alpha value is -2.40. The van der Waals surface area contributed by atoms with Gasteiger partial charge in [-0.15, -0.1) is 0 Å². The fraction of sp³-hybridized carbons (Fsp3) is 0.409. The Bertz CT molecular complexity index is 707. The zero-order valence-corrected chi connectivity index (χ0v) is 16.0. The minimum absolute atomic E-state index is 0.192. The standard InChI is InChI=1S/C22H29FN4/c1-24-22(25-14-11-18-7-9-20(23)10-8-18)26-21-12-15-27(16-13-21)17-19-5-3-2-4-6-19/h2-10,21H,11-17H2,1H3,(H2,24,25,26). The molecule has 5 heteroatoms. The molecule has 2 aromatic carbocycles. The van der Waals surface area contributed by atoms with E-state index in [0.717, 1.165) is 57.0 Å². The highest BCUT2D eigenvalue weighted by Gasteiger charge is 2.19. The lowest BCUT2D eigenvalue weighted by atomic mass is 10.0. The molecule has 1 saturated heterocycles. The first kappa shape index (κ1) is 19.4. The lowest BCUT2D eigenvalue weighted by molar-refractivity contribution is 0.198. The van der Waals surface area contributed by atoms with Crippen LogP contribution >= 0.6 is 0 Å². The molecule has 0 saturated carbocycles. The molecule has 0 aliphatic carbocycles. The van der Waals surface area contributed by atoms with E-state index in [2.05, 4.69) is 50.9 Å². The second-order valence-electron chi connectivity index (χ2n) is 7.06. The number of halogens is 1. The van der Waals surface area contributed by atoms with E-state index in [1.807, 2.05) is 12.1 Å². The summed E-state index contributed by atoms with van der Waals surface area (Å²) in [6.45, 7) is 3.99. The van der Waals surface area contributed by atoms with Crippen LogP contribution in [-0.4, -0.2) is 43.6 Å². The number of rotatable bonds is 6. The minimum Gasteiger partial charge on any atom is -0.356 e. The van der Waals surface area contributed by atoms with Crippen molar-refractivity contribution in [3.05, 3.63) is 71.5 Å². The molecule has 0 atom stereocenters. The molecule has 1 heterocycles. The van der Waals surface area contributed by atoms with Crippen molar-refractivity contribution in [3.63, 3.8) is 0 Å². The zero-order valence-electron chi connectivity index (χ0n) is 16.0. The van der Waals surface area contributed by atoms with Gasteiger partial charge in [-0.2, -0.15) is 0 Å². The van der Waals surface area contributed by atoms with Crippen LogP contribution in [0.5, 0.6) is 0 Å². The van der Waals surface area contributed by atoms with E-state index in [1.165, 1.54) is 17.7 Å². The number of nitrogens with one attached hydrogen (secondary N) is 2. The third-order valence-corrected chi connectivity index (χ3v) is 5.02. The SMILES string of the molecule is CN=C(NCCc1ccc(F)cc1)NC1CCN(Cc2ccccc2)CC1. The quantitative estimate of drug-likeness (QED) is 0.608. The maximum atomic E-state index is 13.0. The van der Waals surface area contributed by atoms with Gasteiger partial charge in [-0.1, -0.05) is 42.5 Å². The van der Waals surface area contributed by atoms with Crippen LogP contribution in [0.4, 0.5) is 4.39 Å². The van der Waals surface area contributed by atoms with Gasteiger partial charge >= 0.3 is 0 Å². The number of likely N-dealkylation sites (tertiary alicyclic amines) is 1. The number of nitrogens with zero attached hydrogens (tertiary/aromatic N) is 2. The molecule has 0 radical (unpaired) electrons. The Labute approximate surface area is 161 Å². The molecule has 0 spiro atoms. The summed E-state index contributed by atoms with van der Waals surface area (Å²) in [5, 5.41) is 6.90. The lowest BCUT2D eigenvalue weighted by Crippen LogP contribution is -2.48. The predicted molar refractivity (Wildman–Crippen MR) is 109 cm³/mol. The van der Waals surface area contributed by atoms with Crippen LogP contribution < -0.4 is 10.6 Å². The van der Waals surface area contributed by atoms with Crippen LogP contribution in [0.2, 0.25) is 0 Å². The average Bonchev–Trinajstić information content (AvgIpc) is 2.71. The topological polar surface area (TPSA) is 39.7 Å². The van der Waals surface area contributed by atoms with Gasteiger partial charge in [-0.3, -0.25) is 9.89 Å². The van der Waals surface area contributed by atoms with Crippen LogP contribution in [0, 0.1) is 5.82 Å². The smallest absolute Gasteiger partial charge is 0.191 e. The van der Waals surface area contributed by atoms with Crippen molar-refractivity contribution in [1.82, 2.24) is 15.5 Å². The summed E-state index contributed by atoms with van der Waals surface area (Å²) in [6, 6.07) is 17.8. The fourth-order valence-electron chi connectivity index (χ4n) is 3.44. The van der Waals surface area contributed by atoms with E-state index in [0.29, 0.717) is 6.04 Å². The Morgan fingerprint density at radius 2 is 1.74 bits per heavy atom. The Morgan fingerprint density at radius 1 is 1.04 bits per heavy atom. The van der Waals surface area contributed by atoms with Crippen molar-refractivity contribution >= 4 is 5.96 Å². The van der Waals surface area contributed by atoms with E-state index < -0.39 is 0 Å². The molecule has 4 nitrogen and oxygen atoms in total. The molecule has 0 aromatic heterocycles. The number of hydrogen-bond acceptors (Lipinski definition) is 2. The van der Waals surface area contributed by atoms with E-state index in [1.54, 1.807) is 7.05 Å². The van der Waals surface area contributed by atoms with Gasteiger partial charge in [-0.25, -0.2) is 4.39 Å². The Kier molecular flexibility index (Phi) is 7.22. The van der Waals surface area contributed by atoms with Crippen LogP contribution in [0.1, 0.15) is 24.0 Å². The monoisotopic (exact) mass is 368 g/mol. The van der Waals surface area contributed by atoms with Gasteiger partial charge in [-0.05, 0) is 42.5 Å². The largest absolute Gasteiger partial charge is 0.356 e. The minimum atomic E-state index is -0.192. The van der Waals surface area contributed by atoms with Crippen molar-refractivity contribution in [2.45, 2.75) is 31.8 Å². The number of guanidine groups is 1. The van der Waals surface area contributed by atoms with Crippen molar-refractivity contribution < 1.29 is 4.39 Å². The Morgan fingerprint density at radius 3 is 2.41 bits per heavy atom. The van der Waals surface area contributed by atoms with Gasteiger partial charge in [0.05, 0.1) is 0 Å². The third-order valence-electron chi connectivity index (χ3n) is 5.02. The maximum Gasteiger partial charge on any atom is 0.191 e. The predicted octanol–water partition coefficient (Wildman–Crippen LogP) is 3.20. The summed E-state index contributed by atoms with van der Waals surface area (Å²) in [6.07, 6.45) is 3.08. The number of hydrogen-bond donors (Lipinski definition) is 2. The lowest BCUT2D eigenvalue weighted by Gasteiger charge is -2.33. The first-order chi connectivity index (χ1) is 13.2. The molecular formula is C22H29FN4. The number of benzene rings is 2. The van der Waals surface area contributed by atoms with Crippen molar-refractivity contribution in [2.24, 2.45) is 4.99 Å². The highest BCUT2D eigenvalue weighted by molar-refractivity contribution is 5.79. The number of piperidine rings is 1.